The number of benzene rings is 8. The molecule has 0 amide bonds. The van der Waals surface area contributed by atoms with Crippen molar-refractivity contribution < 1.29 is 0 Å². The van der Waals surface area contributed by atoms with Gasteiger partial charge in [-0.2, -0.15) is 0 Å². The molecule has 2 heteroatoms. The summed E-state index contributed by atoms with van der Waals surface area (Å²) < 4.78 is 2.36. The summed E-state index contributed by atoms with van der Waals surface area (Å²) in [6.07, 6.45) is 2.22. The van der Waals surface area contributed by atoms with Crippen LogP contribution in [0, 0.1) is 6.92 Å². The molecule has 10 rings (SSSR count). The Morgan fingerprint density at radius 2 is 0.855 bits per heavy atom. The topological polar surface area (TPSA) is 7.65 Å². The second-order valence-electron chi connectivity index (χ2n) is 14.3. The van der Waals surface area contributed by atoms with Gasteiger partial charge in [-0.3, -0.25) is 0 Å². The summed E-state index contributed by atoms with van der Waals surface area (Å²) in [6.45, 7) is 2.14. The lowest BCUT2D eigenvalue weighted by Gasteiger charge is -2.26. The number of pyridine rings is 1. The average Bonchev–Trinajstić information content (AvgIpc) is 3.59. The Morgan fingerprint density at radius 3 is 1.47 bits per heavy atom. The molecule has 0 unspecified atom stereocenters. The molecule has 0 fully saturated rings. The summed E-state index contributed by atoms with van der Waals surface area (Å²) in [6, 6.07) is 74.8. The van der Waals surface area contributed by atoms with Gasteiger partial charge in [-0.25, -0.2) is 0 Å². The van der Waals surface area contributed by atoms with Crippen molar-refractivity contribution in [1.82, 2.24) is 4.40 Å². The van der Waals surface area contributed by atoms with Crippen LogP contribution in [0.1, 0.15) is 5.56 Å². The highest BCUT2D eigenvalue weighted by Gasteiger charge is 2.18. The molecule has 2 aromatic heterocycles. The second kappa shape index (κ2) is 13.7. The van der Waals surface area contributed by atoms with E-state index in [9.17, 15) is 0 Å². The number of rotatable bonds is 7. The summed E-state index contributed by atoms with van der Waals surface area (Å²) in [4.78, 5) is 2.35. The van der Waals surface area contributed by atoms with E-state index in [4.69, 9.17) is 0 Å². The van der Waals surface area contributed by atoms with E-state index in [-0.39, 0.29) is 0 Å². The Bertz CT molecular complexity index is 2940. The molecule has 10 aromatic rings. The van der Waals surface area contributed by atoms with Gasteiger partial charge in [0.2, 0.25) is 0 Å². The van der Waals surface area contributed by atoms with Gasteiger partial charge in [0.05, 0.1) is 11.0 Å². The maximum Gasteiger partial charge on any atom is 0.0619 e. The number of hydrogen-bond acceptors (Lipinski definition) is 1. The molecule has 8 aromatic carbocycles. The van der Waals surface area contributed by atoms with Gasteiger partial charge in [-0.1, -0.05) is 157 Å². The predicted molar refractivity (Wildman–Crippen MR) is 234 cm³/mol. The van der Waals surface area contributed by atoms with Gasteiger partial charge >= 0.3 is 0 Å². The van der Waals surface area contributed by atoms with Gasteiger partial charge in [0.25, 0.3) is 0 Å². The molecule has 55 heavy (non-hydrogen) atoms. The van der Waals surface area contributed by atoms with Crippen LogP contribution in [0.15, 0.2) is 212 Å². The zero-order chi connectivity index (χ0) is 36.7. The van der Waals surface area contributed by atoms with Crippen molar-refractivity contribution in [2.45, 2.75) is 6.92 Å². The van der Waals surface area contributed by atoms with Crippen LogP contribution in [0.4, 0.5) is 17.1 Å². The van der Waals surface area contributed by atoms with Crippen LogP contribution in [-0.2, 0) is 0 Å². The number of nitrogens with zero attached hydrogens (tertiary/aromatic N) is 2. The molecule has 0 spiro atoms. The molecular weight excluding hydrogens is 665 g/mol. The highest BCUT2D eigenvalue weighted by Crippen LogP contribution is 2.42. The van der Waals surface area contributed by atoms with Crippen molar-refractivity contribution in [3.8, 4) is 44.5 Å². The van der Waals surface area contributed by atoms with Gasteiger partial charge in [-0.15, -0.1) is 0 Å². The molecule has 0 saturated carbocycles. The van der Waals surface area contributed by atoms with Crippen LogP contribution < -0.4 is 4.90 Å². The lowest BCUT2D eigenvalue weighted by Crippen LogP contribution is -2.09. The predicted octanol–water partition coefficient (Wildman–Crippen LogP) is 14.7. The molecular formula is C53H38N2. The molecule has 0 N–H and O–H groups in total. The Hall–Kier alpha value is -7.16. The van der Waals surface area contributed by atoms with E-state index < -0.39 is 0 Å². The fourth-order valence-corrected chi connectivity index (χ4v) is 8.13. The minimum atomic E-state index is 1.10. The number of aromatic nitrogens is 1. The van der Waals surface area contributed by atoms with E-state index in [1.807, 2.05) is 0 Å². The summed E-state index contributed by atoms with van der Waals surface area (Å²) in [5, 5.41) is 3.75. The quantitative estimate of drug-likeness (QED) is 0.160. The van der Waals surface area contributed by atoms with E-state index in [1.165, 1.54) is 77.3 Å². The number of anilines is 3. The van der Waals surface area contributed by atoms with E-state index in [0.29, 0.717) is 0 Å². The van der Waals surface area contributed by atoms with Crippen molar-refractivity contribution in [3.63, 3.8) is 0 Å². The monoisotopic (exact) mass is 702 g/mol. The molecule has 0 atom stereocenters. The Balaban J connectivity index is 1.07. The van der Waals surface area contributed by atoms with Crippen molar-refractivity contribution in [2.75, 3.05) is 4.90 Å². The average molecular weight is 703 g/mol. The molecule has 0 aliphatic carbocycles. The number of fused-ring (bicyclic) bond motifs is 5. The van der Waals surface area contributed by atoms with Crippen molar-refractivity contribution >= 4 is 44.3 Å². The van der Waals surface area contributed by atoms with Crippen molar-refractivity contribution in [3.05, 3.63) is 218 Å². The first-order valence-electron chi connectivity index (χ1n) is 18.9. The number of aryl methyl sites for hydroxylation is 1. The summed E-state index contributed by atoms with van der Waals surface area (Å²) in [7, 11) is 0. The van der Waals surface area contributed by atoms with Gasteiger partial charge in [-0.05, 0) is 106 Å². The normalized spacial score (nSPS) is 11.4. The van der Waals surface area contributed by atoms with Crippen molar-refractivity contribution in [1.29, 1.82) is 0 Å². The summed E-state index contributed by atoms with van der Waals surface area (Å²) in [5.74, 6) is 0. The van der Waals surface area contributed by atoms with Gasteiger partial charge in [0.15, 0.2) is 0 Å². The van der Waals surface area contributed by atoms with E-state index in [2.05, 4.69) is 229 Å². The van der Waals surface area contributed by atoms with Gasteiger partial charge in [0.1, 0.15) is 0 Å². The first-order chi connectivity index (χ1) is 27.2. The molecule has 260 valence electrons. The van der Waals surface area contributed by atoms with Crippen LogP contribution >= 0.6 is 0 Å². The fourth-order valence-electron chi connectivity index (χ4n) is 8.13. The van der Waals surface area contributed by atoms with E-state index in [1.54, 1.807) is 0 Å². The lowest BCUT2D eigenvalue weighted by atomic mass is 9.97. The van der Waals surface area contributed by atoms with Gasteiger partial charge < -0.3 is 9.30 Å². The summed E-state index contributed by atoms with van der Waals surface area (Å²) >= 11 is 0. The van der Waals surface area contributed by atoms with E-state index in [0.717, 1.165) is 17.1 Å². The first-order valence-corrected chi connectivity index (χ1v) is 18.9. The SMILES string of the molecule is Cc1cccc(-c2ccc(N(c3ccc(-c4ccccc4)cc3)c3ccc(-c4ccc5c(c4)c(-c4ccccc4)c4c6ccccc6ccn54)cc3)cc2)c1. The Morgan fingerprint density at radius 1 is 0.364 bits per heavy atom. The minimum absolute atomic E-state index is 1.10. The third kappa shape index (κ3) is 5.95. The Labute approximate surface area is 321 Å². The largest absolute Gasteiger partial charge is 0.315 e. The molecule has 2 heterocycles. The van der Waals surface area contributed by atoms with Crippen LogP contribution in [0.2, 0.25) is 0 Å². The maximum absolute atomic E-state index is 2.37. The van der Waals surface area contributed by atoms with E-state index >= 15 is 0 Å². The summed E-state index contributed by atoms with van der Waals surface area (Å²) in [5.41, 5.74) is 16.7. The first kappa shape index (κ1) is 32.5. The molecule has 0 aliphatic rings. The lowest BCUT2D eigenvalue weighted by molar-refractivity contribution is 1.27. The maximum atomic E-state index is 2.37. The van der Waals surface area contributed by atoms with Crippen LogP contribution in [0.25, 0.3) is 71.7 Å². The Kier molecular flexibility index (Phi) is 8.08. The van der Waals surface area contributed by atoms with Crippen molar-refractivity contribution in [2.24, 2.45) is 0 Å². The highest BCUT2D eigenvalue weighted by atomic mass is 15.1. The highest BCUT2D eigenvalue weighted by molar-refractivity contribution is 6.15. The number of hydrogen-bond donors (Lipinski definition) is 0. The fraction of sp³-hybridized carbons (Fsp3) is 0.0189. The molecule has 0 saturated heterocycles. The zero-order valence-corrected chi connectivity index (χ0v) is 30.6. The molecule has 0 radical (unpaired) electrons. The van der Waals surface area contributed by atoms with Gasteiger partial charge in [0, 0.05) is 39.6 Å². The van der Waals surface area contributed by atoms with Crippen LogP contribution in [0.3, 0.4) is 0 Å². The molecule has 0 aliphatic heterocycles. The van der Waals surface area contributed by atoms with Crippen LogP contribution in [0.5, 0.6) is 0 Å². The molecule has 0 bridgehead atoms. The smallest absolute Gasteiger partial charge is 0.0619 e. The zero-order valence-electron chi connectivity index (χ0n) is 30.6. The third-order valence-electron chi connectivity index (χ3n) is 10.9. The molecule has 2 nitrogen and oxygen atoms in total. The third-order valence-corrected chi connectivity index (χ3v) is 10.9. The second-order valence-corrected chi connectivity index (χ2v) is 14.3. The van der Waals surface area contributed by atoms with Crippen LogP contribution in [-0.4, -0.2) is 4.40 Å². The minimum Gasteiger partial charge on any atom is -0.315 e. The standard InChI is InChI=1S/C53H38N2/c1-37-11-10-17-44(35-37)40-21-28-47(29-22-40)55(46-26-19-39(20-27-46)38-12-4-2-5-13-38)48-30-23-41(24-31-48)45-25-32-51-50(36-45)52(43-15-6-3-7-16-43)53-49-18-9-8-14-42(49)33-34-54(51)53/h2-36H,1H3.